The number of likely N-dealkylation sites (N-methyl/N-ethyl adjacent to an activating group) is 1. The Labute approximate surface area is 243 Å². The second kappa shape index (κ2) is 12.8. The van der Waals surface area contributed by atoms with E-state index >= 15 is 0 Å². The number of ether oxygens (including phenoxy) is 1. The number of nitrogens with zero attached hydrogens (tertiary/aromatic N) is 1. The molecule has 6 rings (SSSR count). The van der Waals surface area contributed by atoms with Crippen LogP contribution in [-0.2, 0) is 24.7 Å². The van der Waals surface area contributed by atoms with Gasteiger partial charge in [0.1, 0.15) is 5.97 Å². The summed E-state index contributed by atoms with van der Waals surface area (Å²) in [7, 11) is 2.11. The number of piperidine rings is 3. The number of aliphatic hydroxyl groups is 1. The Hall–Kier alpha value is -3.44. The van der Waals surface area contributed by atoms with Crippen molar-refractivity contribution in [2.75, 3.05) is 20.1 Å². The van der Waals surface area contributed by atoms with E-state index in [1.165, 1.54) is 6.42 Å². The van der Waals surface area contributed by atoms with Crippen LogP contribution < -0.4 is 10.4 Å². The zero-order valence-corrected chi connectivity index (χ0v) is 23.5. The molecule has 1 saturated carbocycles. The van der Waals surface area contributed by atoms with Gasteiger partial charge in [-0.15, -0.1) is 0 Å². The van der Waals surface area contributed by atoms with Gasteiger partial charge in [-0.2, -0.15) is 13.2 Å². The molecule has 2 aromatic carbocycles. The van der Waals surface area contributed by atoms with Crippen LogP contribution >= 0.6 is 0 Å². The molecule has 4 aliphatic rings. The molecule has 3 heterocycles. The van der Waals surface area contributed by atoms with Crippen molar-refractivity contribution in [3.8, 4) is 0 Å². The maximum absolute atomic E-state index is 13.9. The fraction of sp³-hybridized carbons (Fsp3) is 0.516. The standard InChI is InChI=1S/C29H36N2O4.C2HF3O2/c1-31-19-17-21(18-20-31)26(25(31)27(32)30-24-15-9-4-10-16-24)35-28(33)29(34,22-11-5-2-6-12-22)23-13-7-3-8-14-23;3-2(4,5)1(6)7/h2-3,5-8,11-14,21,24-26,34H,4,9-10,15-20H2,1H3;(H,6,7)/t21?,25?,26-,31?;/m1./s1. The van der Waals surface area contributed by atoms with Crippen molar-refractivity contribution in [3.63, 3.8) is 0 Å². The average Bonchev–Trinajstić information content (AvgIpc) is 2.98. The summed E-state index contributed by atoms with van der Waals surface area (Å²) in [5.74, 6) is -3.61. The van der Waals surface area contributed by atoms with Crippen LogP contribution in [0.15, 0.2) is 60.7 Å². The van der Waals surface area contributed by atoms with Gasteiger partial charge in [-0.1, -0.05) is 79.9 Å². The van der Waals surface area contributed by atoms with Gasteiger partial charge in [0.15, 0.2) is 6.10 Å². The molecule has 3 saturated heterocycles. The number of carbonyl (C=O) groups excluding carboxylic acids is 3. The smallest absolute Gasteiger partial charge is 0.430 e. The van der Waals surface area contributed by atoms with Crippen molar-refractivity contribution in [2.45, 2.75) is 74.9 Å². The first kappa shape index (κ1) is 31.5. The number of halogens is 3. The van der Waals surface area contributed by atoms with Crippen LogP contribution in [0.5, 0.6) is 0 Å². The molecule has 2 aromatic rings. The lowest BCUT2D eigenvalue weighted by Gasteiger charge is -2.54. The molecule has 2 atom stereocenters. The number of aliphatic carboxylic acids is 1. The first-order valence-electron chi connectivity index (χ1n) is 14.3. The predicted molar refractivity (Wildman–Crippen MR) is 144 cm³/mol. The number of alkyl halides is 3. The average molecular weight is 591 g/mol. The van der Waals surface area contributed by atoms with Gasteiger partial charge >= 0.3 is 12.1 Å². The van der Waals surface area contributed by atoms with E-state index < -0.39 is 35.9 Å². The highest BCUT2D eigenvalue weighted by atomic mass is 19.4. The zero-order valence-electron chi connectivity index (χ0n) is 23.5. The molecular formula is C31H37F3N2O6. The highest BCUT2D eigenvalue weighted by Crippen LogP contribution is 2.41. The monoisotopic (exact) mass is 590 g/mol. The number of nitrogens with one attached hydrogen (secondary N) is 1. The van der Waals surface area contributed by atoms with Crippen LogP contribution in [0.1, 0.15) is 56.1 Å². The van der Waals surface area contributed by atoms with E-state index in [9.17, 15) is 27.9 Å². The summed E-state index contributed by atoms with van der Waals surface area (Å²) in [6.45, 7) is 1.81. The number of carboxylic acids is 1. The third-order valence-corrected chi connectivity index (χ3v) is 8.84. The lowest BCUT2D eigenvalue weighted by atomic mass is 9.77. The molecule has 0 spiro atoms. The minimum Gasteiger partial charge on any atom is -0.542 e. The Balaban J connectivity index is 0.000000517. The molecule has 1 unspecified atom stereocenters. The second-order valence-corrected chi connectivity index (χ2v) is 11.7. The van der Waals surface area contributed by atoms with Crippen LogP contribution in [0, 0.1) is 5.92 Å². The fourth-order valence-electron chi connectivity index (χ4n) is 6.49. The van der Waals surface area contributed by atoms with Gasteiger partial charge in [0.25, 0.3) is 5.91 Å². The first-order chi connectivity index (χ1) is 19.9. The van der Waals surface area contributed by atoms with Crippen molar-refractivity contribution in [2.24, 2.45) is 5.92 Å². The van der Waals surface area contributed by atoms with Gasteiger partial charge in [0.2, 0.25) is 11.6 Å². The van der Waals surface area contributed by atoms with Gasteiger partial charge < -0.3 is 29.5 Å². The molecule has 3 aliphatic heterocycles. The highest BCUT2D eigenvalue weighted by Gasteiger charge is 2.58. The maximum Gasteiger partial charge on any atom is 0.430 e. The number of carbonyl (C=O) groups is 3. The third kappa shape index (κ3) is 6.78. The molecule has 228 valence electrons. The Morgan fingerprint density at radius 3 is 1.81 bits per heavy atom. The lowest BCUT2D eigenvalue weighted by Crippen LogP contribution is -2.73. The summed E-state index contributed by atoms with van der Waals surface area (Å²) < 4.78 is 38.4. The molecule has 0 aromatic heterocycles. The number of rotatable bonds is 6. The minimum absolute atomic E-state index is 0.00966. The molecule has 1 amide bonds. The number of quaternary nitrogens is 1. The van der Waals surface area contributed by atoms with E-state index in [1.807, 2.05) is 12.1 Å². The highest BCUT2D eigenvalue weighted by molar-refractivity contribution is 5.87. The van der Waals surface area contributed by atoms with Crippen LogP contribution in [0.2, 0.25) is 0 Å². The minimum atomic E-state index is -5.19. The number of benzene rings is 2. The van der Waals surface area contributed by atoms with Crippen molar-refractivity contribution in [3.05, 3.63) is 71.8 Å². The quantitative estimate of drug-likeness (QED) is 0.395. The summed E-state index contributed by atoms with van der Waals surface area (Å²) >= 11 is 0. The van der Waals surface area contributed by atoms with Crippen LogP contribution in [-0.4, -0.2) is 71.9 Å². The van der Waals surface area contributed by atoms with E-state index in [0.717, 1.165) is 51.6 Å². The topological polar surface area (TPSA) is 116 Å². The molecule has 2 bridgehead atoms. The van der Waals surface area contributed by atoms with Crippen LogP contribution in [0.4, 0.5) is 13.2 Å². The second-order valence-electron chi connectivity index (χ2n) is 11.7. The Kier molecular flexibility index (Phi) is 9.62. The zero-order chi connectivity index (χ0) is 30.5. The molecule has 8 nitrogen and oxygen atoms in total. The van der Waals surface area contributed by atoms with Crippen LogP contribution in [0.25, 0.3) is 0 Å². The molecule has 1 aliphatic carbocycles. The summed E-state index contributed by atoms with van der Waals surface area (Å²) in [4.78, 5) is 36.3. The van der Waals surface area contributed by atoms with Gasteiger partial charge in [0.05, 0.1) is 20.1 Å². The van der Waals surface area contributed by atoms with Crippen molar-refractivity contribution in [1.82, 2.24) is 5.32 Å². The third-order valence-electron chi connectivity index (χ3n) is 8.84. The van der Waals surface area contributed by atoms with E-state index in [4.69, 9.17) is 14.6 Å². The maximum atomic E-state index is 13.9. The molecule has 11 heteroatoms. The predicted octanol–water partition coefficient (Wildman–Crippen LogP) is 2.82. The molecule has 4 fully saturated rings. The van der Waals surface area contributed by atoms with E-state index in [-0.39, 0.29) is 17.9 Å². The van der Waals surface area contributed by atoms with Gasteiger partial charge in [0, 0.05) is 24.8 Å². The molecule has 2 N–H and O–H groups in total. The van der Waals surface area contributed by atoms with Gasteiger partial charge in [-0.25, -0.2) is 4.79 Å². The Morgan fingerprint density at radius 1 is 0.881 bits per heavy atom. The lowest BCUT2D eigenvalue weighted by molar-refractivity contribution is -0.943. The number of hydrogen-bond donors (Lipinski definition) is 2. The van der Waals surface area contributed by atoms with Crippen LogP contribution in [0.3, 0.4) is 0 Å². The number of hydrogen-bond acceptors (Lipinski definition) is 6. The Morgan fingerprint density at radius 2 is 1.36 bits per heavy atom. The van der Waals surface area contributed by atoms with Gasteiger partial charge in [-0.05, 0) is 24.0 Å². The summed E-state index contributed by atoms with van der Waals surface area (Å²) in [5.41, 5.74) is -1.03. The van der Waals surface area contributed by atoms with Crippen molar-refractivity contribution < 1.29 is 47.0 Å². The number of carboxylic acid groups (broad SMARTS) is 1. The molecule has 42 heavy (non-hydrogen) atoms. The van der Waals surface area contributed by atoms with Crippen molar-refractivity contribution >= 4 is 17.8 Å². The molecular weight excluding hydrogens is 553 g/mol. The Bertz CT molecular complexity index is 1190. The van der Waals surface area contributed by atoms with E-state index in [0.29, 0.717) is 15.6 Å². The fourth-order valence-corrected chi connectivity index (χ4v) is 6.49. The SMILES string of the molecule is C[N+]12CCC(CC1)[C@@H](OC(=O)C(O)(c1ccccc1)c1ccccc1)C2C(=O)NC1CCCCC1.O=C([O-])C(F)(F)F. The summed E-state index contributed by atoms with van der Waals surface area (Å²) in [5, 5.41) is 24.0. The van der Waals surface area contributed by atoms with Crippen molar-refractivity contribution in [1.29, 1.82) is 0 Å². The number of esters is 1. The summed E-state index contributed by atoms with van der Waals surface area (Å²) in [6, 6.07) is 17.6. The normalized spacial score (nSPS) is 26.0. The molecule has 0 radical (unpaired) electrons. The van der Waals surface area contributed by atoms with Gasteiger partial charge in [-0.3, -0.25) is 4.79 Å². The first-order valence-corrected chi connectivity index (χ1v) is 14.3. The number of amides is 1. The number of fused-ring (bicyclic) bond motifs is 3. The largest absolute Gasteiger partial charge is 0.542 e. The summed E-state index contributed by atoms with van der Waals surface area (Å²) in [6.07, 6.45) is 1.61. The van der Waals surface area contributed by atoms with E-state index in [2.05, 4.69) is 12.4 Å². The van der Waals surface area contributed by atoms with E-state index in [1.54, 1.807) is 48.5 Å².